The predicted molar refractivity (Wildman–Crippen MR) is 107 cm³/mol. The van der Waals surface area contributed by atoms with Crippen LogP contribution in [0.15, 0.2) is 47.1 Å². The minimum absolute atomic E-state index is 0.365. The van der Waals surface area contributed by atoms with Gasteiger partial charge < -0.3 is 4.42 Å². The van der Waals surface area contributed by atoms with Gasteiger partial charge in [-0.1, -0.05) is 17.7 Å². The molecular weight excluding hydrogens is 400 g/mol. The summed E-state index contributed by atoms with van der Waals surface area (Å²) < 4.78 is 6.85. The van der Waals surface area contributed by atoms with Gasteiger partial charge in [-0.05, 0) is 44.2 Å². The number of fused-ring (bicyclic) bond motifs is 1. The molecule has 3 heterocycles. The fraction of sp³-hybridized carbons (Fsp3) is 0.105. The number of carbonyl (C=O) groups excluding carboxylic acids is 2. The number of hydrogen-bond donors (Lipinski definition) is 2. The lowest BCUT2D eigenvalue weighted by Crippen LogP contribution is -2.41. The number of aryl methyl sites for hydroxylation is 2. The van der Waals surface area contributed by atoms with E-state index in [2.05, 4.69) is 16.0 Å². The van der Waals surface area contributed by atoms with Crippen LogP contribution in [0.5, 0.6) is 0 Å². The van der Waals surface area contributed by atoms with E-state index >= 15 is 0 Å². The van der Waals surface area contributed by atoms with E-state index in [-0.39, 0.29) is 0 Å². The molecule has 0 aliphatic rings. The molecule has 4 aromatic rings. The van der Waals surface area contributed by atoms with Crippen LogP contribution < -0.4 is 10.9 Å². The lowest BCUT2D eigenvalue weighted by molar-refractivity contribution is 0.0848. The van der Waals surface area contributed by atoms with E-state index in [1.165, 1.54) is 17.6 Å². The molecule has 1 aromatic carbocycles. The van der Waals surface area contributed by atoms with E-state index in [0.717, 1.165) is 21.6 Å². The summed E-state index contributed by atoms with van der Waals surface area (Å²) >= 11 is 7.37. The number of rotatable bonds is 3. The van der Waals surface area contributed by atoms with Crippen LogP contribution in [0.2, 0.25) is 5.02 Å². The molecular formula is C19H15ClN4O3S. The minimum Gasteiger partial charge on any atom is -0.469 e. The summed E-state index contributed by atoms with van der Waals surface area (Å²) in [5.74, 6) is -0.374. The number of nitrogens with one attached hydrogen (secondary N) is 2. The number of amides is 2. The molecule has 4 rings (SSSR count). The molecule has 0 atom stereocenters. The first-order valence-corrected chi connectivity index (χ1v) is 9.53. The second kappa shape index (κ2) is 7.14. The summed E-state index contributed by atoms with van der Waals surface area (Å²) in [4.78, 5) is 25.9. The van der Waals surface area contributed by atoms with E-state index in [1.807, 2.05) is 19.1 Å². The Balaban J connectivity index is 1.58. The highest BCUT2D eigenvalue weighted by molar-refractivity contribution is 7.20. The number of hydrazine groups is 1. The zero-order valence-corrected chi connectivity index (χ0v) is 16.5. The third kappa shape index (κ3) is 3.28. The second-order valence-electron chi connectivity index (χ2n) is 6.11. The average molecular weight is 415 g/mol. The fourth-order valence-corrected chi connectivity index (χ4v) is 4.07. The highest BCUT2D eigenvalue weighted by Gasteiger charge is 2.18. The zero-order chi connectivity index (χ0) is 19.8. The van der Waals surface area contributed by atoms with Crippen molar-refractivity contribution >= 4 is 45.0 Å². The van der Waals surface area contributed by atoms with Crippen molar-refractivity contribution in [1.82, 2.24) is 20.6 Å². The molecule has 0 saturated heterocycles. The van der Waals surface area contributed by atoms with Crippen molar-refractivity contribution in [2.75, 3.05) is 0 Å². The molecule has 0 aliphatic carbocycles. The second-order valence-corrected chi connectivity index (χ2v) is 7.57. The first kappa shape index (κ1) is 18.3. The first-order chi connectivity index (χ1) is 13.4. The largest absolute Gasteiger partial charge is 0.469 e. The monoisotopic (exact) mass is 414 g/mol. The third-order valence-electron chi connectivity index (χ3n) is 4.21. The summed E-state index contributed by atoms with van der Waals surface area (Å²) in [5, 5.41) is 6.01. The van der Waals surface area contributed by atoms with Gasteiger partial charge in [-0.15, -0.1) is 11.3 Å². The lowest BCUT2D eigenvalue weighted by atomic mass is 10.2. The van der Waals surface area contributed by atoms with Crippen molar-refractivity contribution in [1.29, 1.82) is 0 Å². The van der Waals surface area contributed by atoms with Gasteiger partial charge in [0.25, 0.3) is 11.8 Å². The van der Waals surface area contributed by atoms with E-state index in [4.69, 9.17) is 16.0 Å². The fourth-order valence-electron chi connectivity index (χ4n) is 2.80. The van der Waals surface area contributed by atoms with Gasteiger partial charge in [0.2, 0.25) is 0 Å². The van der Waals surface area contributed by atoms with Crippen LogP contribution in [-0.4, -0.2) is 21.6 Å². The molecule has 0 fully saturated rings. The summed E-state index contributed by atoms with van der Waals surface area (Å²) in [6.45, 7) is 3.55. The molecule has 142 valence electrons. The predicted octanol–water partition coefficient (Wildman–Crippen LogP) is 4.03. The Morgan fingerprint density at radius 2 is 1.93 bits per heavy atom. The smallest absolute Gasteiger partial charge is 0.279 e. The molecule has 28 heavy (non-hydrogen) atoms. The zero-order valence-electron chi connectivity index (χ0n) is 14.9. The number of nitrogens with zero attached hydrogens (tertiary/aromatic N) is 2. The van der Waals surface area contributed by atoms with E-state index in [0.29, 0.717) is 21.2 Å². The van der Waals surface area contributed by atoms with Gasteiger partial charge >= 0.3 is 0 Å². The van der Waals surface area contributed by atoms with Gasteiger partial charge in [0.05, 0.1) is 28.1 Å². The molecule has 0 radical (unpaired) electrons. The van der Waals surface area contributed by atoms with E-state index in [1.54, 1.807) is 35.9 Å². The summed E-state index contributed by atoms with van der Waals surface area (Å²) in [7, 11) is 0. The standard InChI is InChI=1S/C19H15ClN4O3S/c1-10-15-9-16(18(26)22-21-17(25)14-6-7-27-11(14)2)28-19(15)24(23-10)13-5-3-4-12(20)8-13/h3-9H,1-2H3,(H,21,25)(H,22,26). The van der Waals surface area contributed by atoms with Crippen LogP contribution in [0.4, 0.5) is 0 Å². The van der Waals surface area contributed by atoms with Gasteiger partial charge in [0.15, 0.2) is 0 Å². The first-order valence-electron chi connectivity index (χ1n) is 8.34. The molecule has 0 saturated carbocycles. The summed E-state index contributed by atoms with van der Waals surface area (Å²) in [6, 6.07) is 10.6. The van der Waals surface area contributed by atoms with Crippen molar-refractivity contribution in [3.63, 3.8) is 0 Å². The summed E-state index contributed by atoms with van der Waals surface area (Å²) in [5.41, 5.74) is 6.80. The van der Waals surface area contributed by atoms with Crippen LogP contribution in [0.3, 0.4) is 0 Å². The maximum atomic E-state index is 12.5. The van der Waals surface area contributed by atoms with E-state index < -0.39 is 11.8 Å². The maximum absolute atomic E-state index is 12.5. The van der Waals surface area contributed by atoms with Gasteiger partial charge in [-0.2, -0.15) is 5.10 Å². The minimum atomic E-state index is -0.443. The average Bonchev–Trinajstić information content (AvgIpc) is 3.36. The Hall–Kier alpha value is -3.10. The van der Waals surface area contributed by atoms with Crippen molar-refractivity contribution in [3.8, 4) is 5.69 Å². The van der Waals surface area contributed by atoms with Crippen LogP contribution in [0.25, 0.3) is 15.9 Å². The number of furan rings is 1. The number of hydrogen-bond acceptors (Lipinski definition) is 5. The molecule has 9 heteroatoms. The molecule has 0 spiro atoms. The van der Waals surface area contributed by atoms with Crippen molar-refractivity contribution in [2.24, 2.45) is 0 Å². The number of aromatic nitrogens is 2. The number of thiophene rings is 1. The molecule has 0 unspecified atom stereocenters. The van der Waals surface area contributed by atoms with Gasteiger partial charge in [0, 0.05) is 10.4 Å². The topological polar surface area (TPSA) is 89.2 Å². The Bertz CT molecular complexity index is 1210. The normalized spacial score (nSPS) is 11.0. The van der Waals surface area contributed by atoms with Crippen molar-refractivity contribution in [2.45, 2.75) is 13.8 Å². The van der Waals surface area contributed by atoms with Crippen LogP contribution in [0.1, 0.15) is 31.5 Å². The van der Waals surface area contributed by atoms with Gasteiger partial charge in [-0.25, -0.2) is 4.68 Å². The number of halogens is 1. The molecule has 3 aromatic heterocycles. The Kier molecular flexibility index (Phi) is 4.66. The third-order valence-corrected chi connectivity index (χ3v) is 5.56. The SMILES string of the molecule is Cc1occc1C(=O)NNC(=O)c1cc2c(C)nn(-c3cccc(Cl)c3)c2s1. The molecule has 2 amide bonds. The Morgan fingerprint density at radius 3 is 2.64 bits per heavy atom. The lowest BCUT2D eigenvalue weighted by Gasteiger charge is -2.05. The summed E-state index contributed by atoms with van der Waals surface area (Å²) in [6.07, 6.45) is 1.42. The Labute approximate surface area is 168 Å². The molecule has 0 aliphatic heterocycles. The molecule has 2 N–H and O–H groups in total. The van der Waals surface area contributed by atoms with Crippen LogP contribution in [0, 0.1) is 13.8 Å². The van der Waals surface area contributed by atoms with Crippen molar-refractivity contribution in [3.05, 3.63) is 69.6 Å². The quantitative estimate of drug-likeness (QED) is 0.495. The molecule has 7 nitrogen and oxygen atoms in total. The van der Waals surface area contributed by atoms with Crippen molar-refractivity contribution < 1.29 is 14.0 Å². The maximum Gasteiger partial charge on any atom is 0.279 e. The highest BCUT2D eigenvalue weighted by Crippen LogP contribution is 2.30. The van der Waals surface area contributed by atoms with Crippen LogP contribution in [-0.2, 0) is 0 Å². The van der Waals surface area contributed by atoms with Gasteiger partial charge in [-0.3, -0.25) is 20.4 Å². The highest BCUT2D eigenvalue weighted by atomic mass is 35.5. The molecule has 0 bridgehead atoms. The van der Waals surface area contributed by atoms with Crippen LogP contribution >= 0.6 is 22.9 Å². The number of benzene rings is 1. The number of carbonyl (C=O) groups is 2. The Morgan fingerprint density at radius 1 is 1.14 bits per heavy atom. The van der Waals surface area contributed by atoms with Gasteiger partial charge in [0.1, 0.15) is 10.6 Å². The van der Waals surface area contributed by atoms with E-state index in [9.17, 15) is 9.59 Å².